The molecule has 0 bridgehead atoms. The third kappa shape index (κ3) is 3.76. The summed E-state index contributed by atoms with van der Waals surface area (Å²) in [4.78, 5) is 3.96. The molecule has 2 heterocycles. The first-order chi connectivity index (χ1) is 9.20. The Bertz CT molecular complexity index is 423. The van der Waals surface area contributed by atoms with Gasteiger partial charge in [0.2, 0.25) is 0 Å². The highest BCUT2D eigenvalue weighted by Crippen LogP contribution is 2.20. The monoisotopic (exact) mass is 271 g/mol. The van der Waals surface area contributed by atoms with Crippen molar-refractivity contribution in [2.24, 2.45) is 5.92 Å². The summed E-state index contributed by atoms with van der Waals surface area (Å²) in [7, 11) is 0. The number of aromatic nitrogens is 1. The summed E-state index contributed by atoms with van der Waals surface area (Å²) in [6, 6.07) is 0.860. The molecule has 1 aliphatic heterocycles. The van der Waals surface area contributed by atoms with Crippen molar-refractivity contribution in [2.75, 3.05) is 36.9 Å². The molecule has 1 atom stereocenters. The predicted molar refractivity (Wildman–Crippen MR) is 70.3 cm³/mol. The van der Waals surface area contributed by atoms with Crippen LogP contribution in [0.15, 0.2) is 6.07 Å². The number of nitrogens with one attached hydrogen (secondary N) is 2. The highest BCUT2D eigenvalue weighted by molar-refractivity contribution is 5.47. The van der Waals surface area contributed by atoms with Crippen LogP contribution in [-0.4, -0.2) is 31.3 Å². The van der Waals surface area contributed by atoms with E-state index in [4.69, 9.17) is 4.74 Å². The van der Waals surface area contributed by atoms with Gasteiger partial charge in [0.15, 0.2) is 23.3 Å². The molecule has 1 unspecified atom stereocenters. The molecule has 1 saturated heterocycles. The van der Waals surface area contributed by atoms with Gasteiger partial charge in [0.25, 0.3) is 0 Å². The summed E-state index contributed by atoms with van der Waals surface area (Å²) >= 11 is 0. The van der Waals surface area contributed by atoms with Crippen LogP contribution < -0.4 is 10.6 Å². The Labute approximate surface area is 111 Å². The van der Waals surface area contributed by atoms with Gasteiger partial charge in [0, 0.05) is 31.7 Å². The van der Waals surface area contributed by atoms with Crippen LogP contribution in [0.5, 0.6) is 0 Å². The van der Waals surface area contributed by atoms with Gasteiger partial charge in [0.1, 0.15) is 0 Å². The maximum absolute atomic E-state index is 13.6. The Morgan fingerprint density at radius 2 is 2.05 bits per heavy atom. The molecule has 1 aliphatic rings. The van der Waals surface area contributed by atoms with Crippen LogP contribution in [0.3, 0.4) is 0 Å². The van der Waals surface area contributed by atoms with Gasteiger partial charge in [-0.3, -0.25) is 0 Å². The van der Waals surface area contributed by atoms with Crippen molar-refractivity contribution < 1.29 is 13.5 Å². The third-order valence-electron chi connectivity index (χ3n) is 3.05. The van der Waals surface area contributed by atoms with E-state index in [1.54, 1.807) is 0 Å². The number of hydrogen-bond donors (Lipinski definition) is 2. The van der Waals surface area contributed by atoms with Gasteiger partial charge in [-0.05, 0) is 12.8 Å². The van der Waals surface area contributed by atoms with Crippen LogP contribution in [0.25, 0.3) is 0 Å². The Morgan fingerprint density at radius 3 is 2.68 bits per heavy atom. The largest absolute Gasteiger partial charge is 0.381 e. The summed E-state index contributed by atoms with van der Waals surface area (Å²) in [5.74, 6) is -0.794. The second-order valence-electron chi connectivity index (χ2n) is 4.69. The Balaban J connectivity index is 2.01. The summed E-state index contributed by atoms with van der Waals surface area (Å²) in [5.41, 5.74) is 0. The van der Waals surface area contributed by atoms with E-state index in [0.717, 1.165) is 25.5 Å². The molecule has 0 saturated carbocycles. The van der Waals surface area contributed by atoms with E-state index in [1.165, 1.54) is 0 Å². The van der Waals surface area contributed by atoms with E-state index in [-0.39, 0.29) is 11.6 Å². The fraction of sp³-hybridized carbons (Fsp3) is 0.615. The maximum Gasteiger partial charge on any atom is 0.168 e. The molecule has 19 heavy (non-hydrogen) atoms. The van der Waals surface area contributed by atoms with Crippen molar-refractivity contribution in [3.05, 3.63) is 17.7 Å². The van der Waals surface area contributed by atoms with Gasteiger partial charge in [-0.2, -0.15) is 0 Å². The Hall–Kier alpha value is -1.43. The highest BCUT2D eigenvalue weighted by atomic mass is 19.1. The molecule has 106 valence electrons. The lowest BCUT2D eigenvalue weighted by atomic mass is 10.1. The average molecular weight is 271 g/mol. The van der Waals surface area contributed by atoms with Crippen LogP contribution in [0.4, 0.5) is 20.4 Å². The van der Waals surface area contributed by atoms with Crippen molar-refractivity contribution in [1.82, 2.24) is 4.98 Å². The van der Waals surface area contributed by atoms with Crippen LogP contribution in [0.1, 0.15) is 19.8 Å². The fourth-order valence-corrected chi connectivity index (χ4v) is 1.94. The van der Waals surface area contributed by atoms with E-state index >= 15 is 0 Å². The number of hydrogen-bond acceptors (Lipinski definition) is 4. The van der Waals surface area contributed by atoms with E-state index in [2.05, 4.69) is 15.6 Å². The lowest BCUT2D eigenvalue weighted by Gasteiger charge is -2.13. The maximum atomic E-state index is 13.6. The molecular formula is C13H19F2N3O. The number of pyridine rings is 1. The lowest BCUT2D eigenvalue weighted by Crippen LogP contribution is -2.16. The summed E-state index contributed by atoms with van der Waals surface area (Å²) in [5, 5.41) is 5.77. The number of halogens is 2. The molecular weight excluding hydrogens is 252 g/mol. The van der Waals surface area contributed by atoms with Gasteiger partial charge in [0.05, 0.1) is 6.61 Å². The second kappa shape index (κ2) is 6.65. The SMILES string of the molecule is CCCNc1nc(NCC2CCOC2)c(F)cc1F. The van der Waals surface area contributed by atoms with Crippen LogP contribution in [0.2, 0.25) is 0 Å². The van der Waals surface area contributed by atoms with Gasteiger partial charge >= 0.3 is 0 Å². The van der Waals surface area contributed by atoms with E-state index < -0.39 is 11.6 Å². The summed E-state index contributed by atoms with van der Waals surface area (Å²) < 4.78 is 32.3. The minimum Gasteiger partial charge on any atom is -0.381 e. The van der Waals surface area contributed by atoms with E-state index in [9.17, 15) is 8.78 Å². The second-order valence-corrected chi connectivity index (χ2v) is 4.69. The topological polar surface area (TPSA) is 46.2 Å². The van der Waals surface area contributed by atoms with Gasteiger partial charge in [-0.15, -0.1) is 0 Å². The van der Waals surface area contributed by atoms with Gasteiger partial charge in [-0.25, -0.2) is 13.8 Å². The molecule has 0 radical (unpaired) electrons. The molecule has 2 N–H and O–H groups in total. The molecule has 2 rings (SSSR count). The zero-order valence-corrected chi connectivity index (χ0v) is 11.0. The zero-order valence-electron chi connectivity index (χ0n) is 11.0. The molecule has 4 nitrogen and oxygen atoms in total. The number of ether oxygens (including phenoxy) is 1. The smallest absolute Gasteiger partial charge is 0.168 e. The van der Waals surface area contributed by atoms with Crippen LogP contribution >= 0.6 is 0 Å². The summed E-state index contributed by atoms with van der Waals surface area (Å²) in [6.45, 7) is 4.58. The third-order valence-corrected chi connectivity index (χ3v) is 3.05. The van der Waals surface area contributed by atoms with E-state index in [1.807, 2.05) is 6.92 Å². The number of anilines is 2. The minimum absolute atomic E-state index is 0.0897. The highest BCUT2D eigenvalue weighted by Gasteiger charge is 2.17. The standard InChI is InChI=1S/C13H19F2N3O/c1-2-4-16-12-10(14)6-11(15)13(18-12)17-7-9-3-5-19-8-9/h6,9H,2-5,7-8H2,1H3,(H2,16,17,18). The van der Waals surface area contributed by atoms with Crippen LogP contribution in [-0.2, 0) is 4.74 Å². The first kappa shape index (κ1) is 14.0. The Morgan fingerprint density at radius 1 is 1.32 bits per heavy atom. The van der Waals surface area contributed by atoms with Crippen molar-refractivity contribution in [1.29, 1.82) is 0 Å². The van der Waals surface area contributed by atoms with Gasteiger partial charge in [-0.1, -0.05) is 6.92 Å². The predicted octanol–water partition coefficient (Wildman–Crippen LogP) is 2.63. The Kier molecular flexibility index (Phi) is 4.90. The quantitative estimate of drug-likeness (QED) is 0.835. The fourth-order valence-electron chi connectivity index (χ4n) is 1.94. The molecule has 1 fully saturated rings. The van der Waals surface area contributed by atoms with Gasteiger partial charge < -0.3 is 15.4 Å². The van der Waals surface area contributed by atoms with Crippen LogP contribution in [0, 0.1) is 17.6 Å². The summed E-state index contributed by atoms with van der Waals surface area (Å²) in [6.07, 6.45) is 1.80. The molecule has 0 spiro atoms. The molecule has 6 heteroatoms. The zero-order chi connectivity index (χ0) is 13.7. The number of nitrogens with zero attached hydrogens (tertiary/aromatic N) is 1. The number of rotatable bonds is 6. The molecule has 0 aromatic carbocycles. The molecule has 0 amide bonds. The minimum atomic E-state index is -0.668. The first-order valence-electron chi connectivity index (χ1n) is 6.62. The average Bonchev–Trinajstić information content (AvgIpc) is 2.90. The molecule has 1 aromatic rings. The first-order valence-corrected chi connectivity index (χ1v) is 6.62. The normalized spacial score (nSPS) is 18.6. The lowest BCUT2D eigenvalue weighted by molar-refractivity contribution is 0.187. The van der Waals surface area contributed by atoms with Crippen molar-refractivity contribution in [2.45, 2.75) is 19.8 Å². The molecule has 1 aromatic heterocycles. The van der Waals surface area contributed by atoms with Crippen molar-refractivity contribution in [3.63, 3.8) is 0 Å². The van der Waals surface area contributed by atoms with Crippen molar-refractivity contribution >= 4 is 11.6 Å². The van der Waals surface area contributed by atoms with Crippen molar-refractivity contribution in [3.8, 4) is 0 Å². The molecule has 0 aliphatic carbocycles. The van der Waals surface area contributed by atoms with E-state index in [0.29, 0.717) is 25.6 Å².